The molecule has 0 bridgehead atoms. The third-order valence-corrected chi connectivity index (χ3v) is 4.37. The molecule has 1 aromatic carbocycles. The summed E-state index contributed by atoms with van der Waals surface area (Å²) < 4.78 is 16.4. The van der Waals surface area contributed by atoms with Gasteiger partial charge in [0.1, 0.15) is 12.2 Å². The number of ether oxygens (including phenoxy) is 3. The van der Waals surface area contributed by atoms with Crippen molar-refractivity contribution in [2.75, 3.05) is 6.61 Å². The lowest BCUT2D eigenvalue weighted by atomic mass is 9.96. The van der Waals surface area contributed by atoms with E-state index in [2.05, 4.69) is 0 Å². The van der Waals surface area contributed by atoms with Crippen LogP contribution in [-0.4, -0.2) is 45.9 Å². The van der Waals surface area contributed by atoms with Gasteiger partial charge in [-0.1, -0.05) is 0 Å². The normalized spacial score (nSPS) is 14.3. The maximum atomic E-state index is 12.7. The van der Waals surface area contributed by atoms with Crippen molar-refractivity contribution in [1.82, 2.24) is 0 Å². The summed E-state index contributed by atoms with van der Waals surface area (Å²) in [5.74, 6) is -2.94. The zero-order chi connectivity index (χ0) is 25.9. The topological polar surface area (TPSA) is 140 Å². The summed E-state index contributed by atoms with van der Waals surface area (Å²) >= 11 is 0. The Hall–Kier alpha value is -2.49. The lowest BCUT2D eigenvalue weighted by Gasteiger charge is -2.25. The highest BCUT2D eigenvalue weighted by molar-refractivity contribution is 5.84. The average Bonchev–Trinajstić information content (AvgIpc) is 2.66. The van der Waals surface area contributed by atoms with Crippen molar-refractivity contribution in [1.29, 1.82) is 0 Å². The van der Waals surface area contributed by atoms with Crippen LogP contribution in [0.1, 0.15) is 74.0 Å². The fraction of sp³-hybridized carbons (Fsp3) is 0.625. The number of hydrogen-bond donors (Lipinski definition) is 3. The van der Waals surface area contributed by atoms with Gasteiger partial charge in [-0.3, -0.25) is 14.4 Å². The molecule has 186 valence electrons. The maximum Gasteiger partial charge on any atom is 0.316 e. The summed E-state index contributed by atoms with van der Waals surface area (Å²) in [4.78, 5) is 37.9. The first kappa shape index (κ1) is 28.5. The van der Waals surface area contributed by atoms with Crippen molar-refractivity contribution in [3.63, 3.8) is 0 Å². The number of benzene rings is 1. The van der Waals surface area contributed by atoms with E-state index in [1.54, 1.807) is 62.3 Å². The maximum absolute atomic E-state index is 12.7. The van der Waals surface area contributed by atoms with Gasteiger partial charge in [-0.05, 0) is 80.0 Å². The van der Waals surface area contributed by atoms with Gasteiger partial charge in [-0.2, -0.15) is 0 Å². The Morgan fingerprint density at radius 3 is 1.36 bits per heavy atom. The molecule has 0 aliphatic rings. The highest BCUT2D eigenvalue weighted by atomic mass is 16.6. The van der Waals surface area contributed by atoms with Crippen LogP contribution in [0.2, 0.25) is 0 Å². The standard InChI is InChI=1S/C24H36O9/c1-22(2,3)19(28)31-15-10-13(17(27)14(26)12-25)11-16(32-20(29)23(4,5)6)18(15)33-21(30)24(7,8)9/h10-11,14,17,25-27H,12H2,1-9H3/t14-,17-/m0/s1. The highest BCUT2D eigenvalue weighted by Gasteiger charge is 2.33. The minimum atomic E-state index is -1.61. The molecule has 0 aliphatic heterocycles. The molecule has 3 N–H and O–H groups in total. The van der Waals surface area contributed by atoms with Crippen molar-refractivity contribution in [2.45, 2.75) is 74.5 Å². The molecule has 0 saturated heterocycles. The van der Waals surface area contributed by atoms with Crippen LogP contribution in [0.5, 0.6) is 17.2 Å². The van der Waals surface area contributed by atoms with E-state index in [1.807, 2.05) is 0 Å². The SMILES string of the molecule is CC(C)(C)C(=O)Oc1cc([C@H](O)[C@@H](O)CO)cc(OC(=O)C(C)(C)C)c1OC(=O)C(C)(C)C. The lowest BCUT2D eigenvalue weighted by molar-refractivity contribution is -0.146. The molecule has 0 amide bonds. The molecule has 0 fully saturated rings. The van der Waals surface area contributed by atoms with Crippen molar-refractivity contribution in [2.24, 2.45) is 16.2 Å². The zero-order valence-corrected chi connectivity index (χ0v) is 20.8. The van der Waals surface area contributed by atoms with Gasteiger partial charge in [-0.15, -0.1) is 0 Å². The van der Waals surface area contributed by atoms with E-state index in [0.717, 1.165) is 0 Å². The average molecular weight is 469 g/mol. The van der Waals surface area contributed by atoms with E-state index in [0.29, 0.717) is 0 Å². The Morgan fingerprint density at radius 1 is 0.727 bits per heavy atom. The van der Waals surface area contributed by atoms with Crippen molar-refractivity contribution in [3.05, 3.63) is 17.7 Å². The molecule has 0 saturated carbocycles. The molecule has 0 aliphatic carbocycles. The second-order valence-corrected chi connectivity index (χ2v) is 11.0. The molecule has 0 aromatic heterocycles. The Labute approximate surface area is 194 Å². The van der Waals surface area contributed by atoms with Crippen LogP contribution in [0.4, 0.5) is 0 Å². The Morgan fingerprint density at radius 2 is 1.06 bits per heavy atom. The minimum absolute atomic E-state index is 0.0273. The summed E-state index contributed by atoms with van der Waals surface area (Å²) in [6, 6.07) is 2.37. The summed E-state index contributed by atoms with van der Waals surface area (Å²) in [5.41, 5.74) is -2.85. The van der Waals surface area contributed by atoms with E-state index in [-0.39, 0.29) is 22.8 Å². The van der Waals surface area contributed by atoms with Crippen molar-refractivity contribution >= 4 is 17.9 Å². The minimum Gasteiger partial charge on any atom is -0.422 e. The molecule has 0 unspecified atom stereocenters. The van der Waals surface area contributed by atoms with Gasteiger partial charge in [0.05, 0.1) is 22.9 Å². The predicted molar refractivity (Wildman–Crippen MR) is 120 cm³/mol. The fourth-order valence-corrected chi connectivity index (χ4v) is 2.09. The number of carbonyl (C=O) groups excluding carboxylic acids is 3. The number of rotatable bonds is 6. The van der Waals surface area contributed by atoms with Gasteiger partial charge in [0.2, 0.25) is 5.75 Å². The van der Waals surface area contributed by atoms with Crippen LogP contribution in [-0.2, 0) is 14.4 Å². The second-order valence-electron chi connectivity index (χ2n) is 11.0. The molecule has 0 radical (unpaired) electrons. The summed E-state index contributed by atoms with van der Waals surface area (Å²) in [7, 11) is 0. The molecule has 2 atom stereocenters. The molecular formula is C24H36O9. The van der Waals surface area contributed by atoms with Crippen LogP contribution in [0.15, 0.2) is 12.1 Å². The third-order valence-electron chi connectivity index (χ3n) is 4.37. The van der Waals surface area contributed by atoms with E-state index in [9.17, 15) is 29.7 Å². The third kappa shape index (κ3) is 7.80. The monoisotopic (exact) mass is 468 g/mol. The van der Waals surface area contributed by atoms with Gasteiger partial charge in [0, 0.05) is 0 Å². The Kier molecular flexibility index (Phi) is 8.82. The van der Waals surface area contributed by atoms with Crippen LogP contribution < -0.4 is 14.2 Å². The van der Waals surface area contributed by atoms with E-state index < -0.39 is 53.0 Å². The van der Waals surface area contributed by atoms with E-state index in [4.69, 9.17) is 14.2 Å². The fourth-order valence-electron chi connectivity index (χ4n) is 2.09. The first-order valence-electron chi connectivity index (χ1n) is 10.6. The van der Waals surface area contributed by atoms with E-state index >= 15 is 0 Å². The largest absolute Gasteiger partial charge is 0.422 e. The lowest BCUT2D eigenvalue weighted by Crippen LogP contribution is -2.30. The number of carbonyl (C=O) groups is 3. The second kappa shape index (κ2) is 10.2. The molecule has 9 heteroatoms. The van der Waals surface area contributed by atoms with Crippen LogP contribution >= 0.6 is 0 Å². The first-order chi connectivity index (χ1) is 14.8. The number of aliphatic hydroxyl groups is 3. The highest BCUT2D eigenvalue weighted by Crippen LogP contribution is 2.43. The molecular weight excluding hydrogens is 432 g/mol. The predicted octanol–water partition coefficient (Wildman–Crippen LogP) is 2.93. The molecule has 0 spiro atoms. The summed E-state index contributed by atoms with van der Waals surface area (Å²) in [5, 5.41) is 29.6. The quantitative estimate of drug-likeness (QED) is 0.424. The number of esters is 3. The van der Waals surface area contributed by atoms with Crippen LogP contribution in [0.25, 0.3) is 0 Å². The number of hydrogen-bond acceptors (Lipinski definition) is 9. The van der Waals surface area contributed by atoms with Gasteiger partial charge >= 0.3 is 17.9 Å². The molecule has 0 heterocycles. The van der Waals surface area contributed by atoms with Crippen molar-refractivity contribution < 1.29 is 43.9 Å². The smallest absolute Gasteiger partial charge is 0.316 e. The molecule has 33 heavy (non-hydrogen) atoms. The Balaban J connectivity index is 3.78. The molecule has 9 nitrogen and oxygen atoms in total. The Bertz CT molecular complexity index is 834. The van der Waals surface area contributed by atoms with Gasteiger partial charge < -0.3 is 29.5 Å². The number of aliphatic hydroxyl groups excluding tert-OH is 3. The first-order valence-corrected chi connectivity index (χ1v) is 10.6. The van der Waals surface area contributed by atoms with Gasteiger partial charge in [0.25, 0.3) is 0 Å². The van der Waals surface area contributed by atoms with Crippen LogP contribution in [0, 0.1) is 16.2 Å². The summed E-state index contributed by atoms with van der Waals surface area (Å²) in [6.45, 7) is 13.8. The zero-order valence-electron chi connectivity index (χ0n) is 20.8. The van der Waals surface area contributed by atoms with Crippen molar-refractivity contribution in [3.8, 4) is 17.2 Å². The molecule has 1 rings (SSSR count). The van der Waals surface area contributed by atoms with Gasteiger partial charge in [-0.25, -0.2) is 0 Å². The summed E-state index contributed by atoms with van der Waals surface area (Å²) in [6.07, 6.45) is -3.17. The molecule has 1 aromatic rings. The van der Waals surface area contributed by atoms with Crippen LogP contribution in [0.3, 0.4) is 0 Å². The van der Waals surface area contributed by atoms with Gasteiger partial charge in [0.15, 0.2) is 11.5 Å². The van der Waals surface area contributed by atoms with E-state index in [1.165, 1.54) is 12.1 Å².